The lowest BCUT2D eigenvalue weighted by atomic mass is 9.98. The number of rotatable bonds is 3. The largest absolute Gasteiger partial charge is 0.350 e. The summed E-state index contributed by atoms with van der Waals surface area (Å²) in [6, 6.07) is 11.9. The Labute approximate surface area is 127 Å². The summed E-state index contributed by atoms with van der Waals surface area (Å²) < 4.78 is 15.7. The van der Waals surface area contributed by atoms with Crippen molar-refractivity contribution >= 4 is 16.8 Å². The van der Waals surface area contributed by atoms with Gasteiger partial charge in [-0.1, -0.05) is 18.2 Å². The maximum absolute atomic E-state index is 13.7. The number of fused-ring (bicyclic) bond motifs is 1. The third kappa shape index (κ3) is 2.35. The molecule has 0 aliphatic carbocycles. The standard InChI is InChI=1S/C17H15FN2O2/c1-20-10-15(12-5-3-4-6-16(12)20)14-9-11(18)7-8-13(14)17(21)19-22-2/h3-10H,1-2H3,(H,19,21). The number of aromatic nitrogens is 1. The van der Waals surface area contributed by atoms with Gasteiger partial charge in [-0.25, -0.2) is 9.87 Å². The normalized spacial score (nSPS) is 10.9. The third-order valence-electron chi connectivity index (χ3n) is 3.61. The van der Waals surface area contributed by atoms with Crippen molar-refractivity contribution in [3.8, 4) is 11.1 Å². The van der Waals surface area contributed by atoms with E-state index in [2.05, 4.69) is 10.3 Å². The molecule has 0 aliphatic rings. The first-order valence-corrected chi connectivity index (χ1v) is 6.79. The van der Waals surface area contributed by atoms with Gasteiger partial charge in [0.05, 0.1) is 7.11 Å². The zero-order chi connectivity index (χ0) is 15.7. The molecule has 22 heavy (non-hydrogen) atoms. The van der Waals surface area contributed by atoms with Crippen molar-refractivity contribution in [2.45, 2.75) is 0 Å². The van der Waals surface area contributed by atoms with Gasteiger partial charge in [0.1, 0.15) is 5.82 Å². The molecular formula is C17H15FN2O2. The van der Waals surface area contributed by atoms with Gasteiger partial charge in [-0.3, -0.25) is 9.63 Å². The number of halogens is 1. The van der Waals surface area contributed by atoms with E-state index in [0.717, 1.165) is 16.5 Å². The van der Waals surface area contributed by atoms with Crippen LogP contribution in [0.3, 0.4) is 0 Å². The van der Waals surface area contributed by atoms with Gasteiger partial charge in [0.15, 0.2) is 0 Å². The molecule has 1 amide bonds. The van der Waals surface area contributed by atoms with Crippen molar-refractivity contribution in [3.05, 3.63) is 60.0 Å². The average Bonchev–Trinajstić information content (AvgIpc) is 2.85. The lowest BCUT2D eigenvalue weighted by Crippen LogP contribution is -2.22. The van der Waals surface area contributed by atoms with Crippen LogP contribution in [-0.4, -0.2) is 17.6 Å². The SMILES string of the molecule is CONC(=O)c1ccc(F)cc1-c1cn(C)c2ccccc12. The average molecular weight is 298 g/mol. The van der Waals surface area contributed by atoms with Crippen LogP contribution < -0.4 is 5.48 Å². The summed E-state index contributed by atoms with van der Waals surface area (Å²) in [7, 11) is 3.28. The van der Waals surface area contributed by atoms with E-state index >= 15 is 0 Å². The van der Waals surface area contributed by atoms with E-state index in [-0.39, 0.29) is 0 Å². The first-order chi connectivity index (χ1) is 10.6. The molecule has 0 spiro atoms. The molecule has 1 heterocycles. The molecule has 0 bridgehead atoms. The Hall–Kier alpha value is -2.66. The van der Waals surface area contributed by atoms with Crippen LogP contribution in [0.15, 0.2) is 48.7 Å². The number of para-hydroxylation sites is 1. The Balaban J connectivity index is 2.26. The highest BCUT2D eigenvalue weighted by Gasteiger charge is 2.17. The van der Waals surface area contributed by atoms with Crippen LogP contribution in [0, 0.1) is 5.82 Å². The first kappa shape index (κ1) is 14.3. The summed E-state index contributed by atoms with van der Waals surface area (Å²) >= 11 is 0. The maximum Gasteiger partial charge on any atom is 0.275 e. The molecule has 0 saturated heterocycles. The summed E-state index contributed by atoms with van der Waals surface area (Å²) in [6.07, 6.45) is 1.89. The minimum Gasteiger partial charge on any atom is -0.350 e. The monoisotopic (exact) mass is 298 g/mol. The van der Waals surface area contributed by atoms with E-state index in [0.29, 0.717) is 11.1 Å². The van der Waals surface area contributed by atoms with Gasteiger partial charge in [0.25, 0.3) is 5.91 Å². The number of hydrogen-bond acceptors (Lipinski definition) is 2. The minimum atomic E-state index is -0.412. The second-order valence-electron chi connectivity index (χ2n) is 5.00. The van der Waals surface area contributed by atoms with Crippen LogP contribution in [0.5, 0.6) is 0 Å². The second kappa shape index (κ2) is 5.61. The number of carbonyl (C=O) groups is 1. The number of hydrogen-bond donors (Lipinski definition) is 1. The molecule has 5 heteroatoms. The smallest absolute Gasteiger partial charge is 0.275 e. The van der Waals surface area contributed by atoms with Crippen LogP contribution >= 0.6 is 0 Å². The highest BCUT2D eigenvalue weighted by molar-refractivity contribution is 6.05. The number of benzene rings is 2. The zero-order valence-electron chi connectivity index (χ0n) is 12.3. The Morgan fingerprint density at radius 3 is 2.73 bits per heavy atom. The number of nitrogens with one attached hydrogen (secondary N) is 1. The Morgan fingerprint density at radius 1 is 1.18 bits per heavy atom. The zero-order valence-corrected chi connectivity index (χ0v) is 12.3. The molecule has 0 unspecified atom stereocenters. The Kier molecular flexibility index (Phi) is 3.65. The fourth-order valence-corrected chi connectivity index (χ4v) is 2.64. The molecule has 2 aromatic carbocycles. The van der Waals surface area contributed by atoms with Gasteiger partial charge in [0.2, 0.25) is 0 Å². The van der Waals surface area contributed by atoms with Crippen LogP contribution in [0.1, 0.15) is 10.4 Å². The molecule has 4 nitrogen and oxygen atoms in total. The summed E-state index contributed by atoms with van der Waals surface area (Å²) in [4.78, 5) is 16.8. The molecule has 0 aliphatic heterocycles. The van der Waals surface area contributed by atoms with Crippen molar-refractivity contribution in [2.24, 2.45) is 7.05 Å². The van der Waals surface area contributed by atoms with E-state index < -0.39 is 11.7 Å². The number of hydroxylamine groups is 1. The van der Waals surface area contributed by atoms with E-state index in [4.69, 9.17) is 0 Å². The van der Waals surface area contributed by atoms with E-state index in [9.17, 15) is 9.18 Å². The molecule has 3 aromatic rings. The number of aryl methyl sites for hydroxylation is 1. The fraction of sp³-hybridized carbons (Fsp3) is 0.118. The summed E-state index contributed by atoms with van der Waals surface area (Å²) in [6.45, 7) is 0. The first-order valence-electron chi connectivity index (χ1n) is 6.79. The van der Waals surface area contributed by atoms with E-state index in [1.54, 1.807) is 0 Å². The quantitative estimate of drug-likeness (QED) is 0.754. The number of nitrogens with zero attached hydrogens (tertiary/aromatic N) is 1. The molecule has 3 rings (SSSR count). The van der Waals surface area contributed by atoms with Crippen molar-refractivity contribution in [1.82, 2.24) is 10.0 Å². The summed E-state index contributed by atoms with van der Waals surface area (Å²) in [5.41, 5.74) is 4.99. The van der Waals surface area contributed by atoms with Gasteiger partial charge in [-0.2, -0.15) is 0 Å². The highest BCUT2D eigenvalue weighted by Crippen LogP contribution is 2.32. The maximum atomic E-state index is 13.7. The van der Waals surface area contributed by atoms with Crippen molar-refractivity contribution < 1.29 is 14.0 Å². The van der Waals surface area contributed by atoms with E-state index in [1.807, 2.05) is 42.1 Å². The lowest BCUT2D eigenvalue weighted by Gasteiger charge is -2.09. The Bertz CT molecular complexity index is 855. The summed E-state index contributed by atoms with van der Waals surface area (Å²) in [5, 5.41) is 0.960. The van der Waals surface area contributed by atoms with Crippen LogP contribution in [0.4, 0.5) is 4.39 Å². The molecule has 1 N–H and O–H groups in total. The minimum absolute atomic E-state index is 0.361. The molecule has 1 aromatic heterocycles. The fourth-order valence-electron chi connectivity index (χ4n) is 2.64. The van der Waals surface area contributed by atoms with Crippen LogP contribution in [0.2, 0.25) is 0 Å². The van der Waals surface area contributed by atoms with Gasteiger partial charge < -0.3 is 4.57 Å². The predicted octanol–water partition coefficient (Wildman–Crippen LogP) is 3.28. The van der Waals surface area contributed by atoms with Gasteiger partial charge in [-0.15, -0.1) is 0 Å². The molecule has 0 fully saturated rings. The van der Waals surface area contributed by atoms with Gasteiger partial charge in [0, 0.05) is 35.3 Å². The third-order valence-corrected chi connectivity index (χ3v) is 3.61. The topological polar surface area (TPSA) is 43.3 Å². The molecule has 0 atom stereocenters. The molecule has 0 radical (unpaired) electrons. The molecule has 0 saturated carbocycles. The second-order valence-corrected chi connectivity index (χ2v) is 5.00. The highest BCUT2D eigenvalue weighted by atomic mass is 19.1. The molecule has 112 valence electrons. The molecular weight excluding hydrogens is 283 g/mol. The predicted molar refractivity (Wildman–Crippen MR) is 82.8 cm³/mol. The van der Waals surface area contributed by atoms with Crippen LogP contribution in [0.25, 0.3) is 22.0 Å². The Morgan fingerprint density at radius 2 is 1.95 bits per heavy atom. The number of amides is 1. The van der Waals surface area contributed by atoms with Crippen LogP contribution in [-0.2, 0) is 11.9 Å². The van der Waals surface area contributed by atoms with Gasteiger partial charge in [-0.05, 0) is 29.8 Å². The number of carbonyl (C=O) groups excluding carboxylic acids is 1. The summed E-state index contributed by atoms with van der Waals surface area (Å²) in [5.74, 6) is -0.803. The lowest BCUT2D eigenvalue weighted by molar-refractivity contribution is 0.0538. The van der Waals surface area contributed by atoms with Crippen molar-refractivity contribution in [3.63, 3.8) is 0 Å². The van der Waals surface area contributed by atoms with Gasteiger partial charge >= 0.3 is 0 Å². The van der Waals surface area contributed by atoms with Crippen molar-refractivity contribution in [2.75, 3.05) is 7.11 Å². The van der Waals surface area contributed by atoms with Crippen molar-refractivity contribution in [1.29, 1.82) is 0 Å². The van der Waals surface area contributed by atoms with E-state index in [1.165, 1.54) is 25.3 Å².